The van der Waals surface area contributed by atoms with Crippen LogP contribution in [0.4, 0.5) is 16.2 Å². The number of nitrogens with zero attached hydrogens (tertiary/aromatic N) is 5. The van der Waals surface area contributed by atoms with Gasteiger partial charge < -0.3 is 29.1 Å². The van der Waals surface area contributed by atoms with Crippen LogP contribution >= 0.6 is 0 Å². The SMILES string of the molecule is CCOC1N(CCOC(=O)OC2CCCCC2)c2cccc(C(=O)O)c2N1Cc1ccc(-c2ccccc2-c2nn[nH]n2)cc1. The van der Waals surface area contributed by atoms with Crippen molar-refractivity contribution in [3.05, 3.63) is 77.9 Å². The predicted molar refractivity (Wildman–Crippen MR) is 167 cm³/mol. The molecule has 2 heterocycles. The number of H-pyrrole nitrogens is 1. The van der Waals surface area contributed by atoms with Gasteiger partial charge in [0.25, 0.3) is 0 Å². The van der Waals surface area contributed by atoms with Gasteiger partial charge in [-0.25, -0.2) is 9.59 Å². The van der Waals surface area contributed by atoms with E-state index < -0.39 is 18.5 Å². The smallest absolute Gasteiger partial charge is 0.478 e. The van der Waals surface area contributed by atoms with Gasteiger partial charge in [-0.3, -0.25) is 0 Å². The lowest BCUT2D eigenvalue weighted by atomic mass is 9.98. The monoisotopic (exact) mass is 612 g/mol. The molecule has 45 heavy (non-hydrogen) atoms. The molecule has 4 aromatic rings. The minimum atomic E-state index is -1.03. The van der Waals surface area contributed by atoms with Crippen molar-refractivity contribution in [3.63, 3.8) is 0 Å². The highest BCUT2D eigenvalue weighted by atomic mass is 16.7. The molecule has 1 atom stereocenters. The van der Waals surface area contributed by atoms with Gasteiger partial charge >= 0.3 is 12.1 Å². The van der Waals surface area contributed by atoms with E-state index in [1.165, 1.54) is 0 Å². The zero-order valence-electron chi connectivity index (χ0n) is 25.1. The first-order chi connectivity index (χ1) is 22.0. The van der Waals surface area contributed by atoms with E-state index in [-0.39, 0.29) is 18.3 Å². The van der Waals surface area contributed by atoms with Crippen molar-refractivity contribution in [1.29, 1.82) is 0 Å². The number of benzene rings is 3. The Morgan fingerprint density at radius 3 is 2.44 bits per heavy atom. The van der Waals surface area contributed by atoms with Gasteiger partial charge in [0, 0.05) is 18.7 Å². The first-order valence-electron chi connectivity index (χ1n) is 15.3. The third-order valence-electron chi connectivity index (χ3n) is 8.19. The predicted octanol–water partition coefficient (Wildman–Crippen LogP) is 5.86. The lowest BCUT2D eigenvalue weighted by molar-refractivity contribution is 0.00959. The van der Waals surface area contributed by atoms with Crippen molar-refractivity contribution < 1.29 is 28.9 Å². The minimum absolute atomic E-state index is 0.0637. The molecular formula is C33H36N6O6. The van der Waals surface area contributed by atoms with Gasteiger partial charge in [0.05, 0.1) is 23.5 Å². The molecular weight excluding hydrogens is 576 g/mol. The Balaban J connectivity index is 1.22. The van der Waals surface area contributed by atoms with Gasteiger partial charge in [0.15, 0.2) is 0 Å². The maximum Gasteiger partial charge on any atom is 0.508 e. The van der Waals surface area contributed by atoms with Crippen LogP contribution in [0.15, 0.2) is 66.7 Å². The number of hydrogen-bond donors (Lipinski definition) is 2. The fourth-order valence-electron chi connectivity index (χ4n) is 6.12. The minimum Gasteiger partial charge on any atom is -0.478 e. The van der Waals surface area contributed by atoms with Gasteiger partial charge in [-0.05, 0) is 66.6 Å². The molecule has 12 nitrogen and oxygen atoms in total. The lowest BCUT2D eigenvalue weighted by Crippen LogP contribution is -2.46. The molecule has 6 rings (SSSR count). The molecule has 234 valence electrons. The number of ether oxygens (including phenoxy) is 3. The maximum absolute atomic E-state index is 12.4. The number of para-hydroxylation sites is 1. The van der Waals surface area contributed by atoms with Crippen LogP contribution in [0, 0.1) is 0 Å². The number of aromatic nitrogens is 4. The third kappa shape index (κ3) is 6.60. The van der Waals surface area contributed by atoms with Crippen LogP contribution in [0.3, 0.4) is 0 Å². The largest absolute Gasteiger partial charge is 0.508 e. The Hall–Kier alpha value is -4.97. The molecule has 1 aliphatic heterocycles. The molecule has 1 fully saturated rings. The van der Waals surface area contributed by atoms with E-state index in [9.17, 15) is 14.7 Å². The quantitative estimate of drug-likeness (QED) is 0.196. The number of carbonyl (C=O) groups excluding carboxylic acids is 1. The molecule has 2 aliphatic rings. The van der Waals surface area contributed by atoms with Crippen LogP contribution in [-0.2, 0) is 20.8 Å². The van der Waals surface area contributed by atoms with Crippen LogP contribution in [0.2, 0.25) is 0 Å². The van der Waals surface area contributed by atoms with Crippen LogP contribution < -0.4 is 9.80 Å². The average molecular weight is 613 g/mol. The highest BCUT2D eigenvalue weighted by Gasteiger charge is 2.39. The summed E-state index contributed by atoms with van der Waals surface area (Å²) in [7, 11) is 0. The summed E-state index contributed by atoms with van der Waals surface area (Å²) < 4.78 is 17.2. The first-order valence-corrected chi connectivity index (χ1v) is 15.3. The van der Waals surface area contributed by atoms with Crippen LogP contribution in [0.1, 0.15) is 54.9 Å². The van der Waals surface area contributed by atoms with E-state index in [0.29, 0.717) is 36.9 Å². The summed E-state index contributed by atoms with van der Waals surface area (Å²) >= 11 is 0. The van der Waals surface area contributed by atoms with Crippen LogP contribution in [-0.4, -0.2) is 70.1 Å². The highest BCUT2D eigenvalue weighted by Crippen LogP contribution is 2.43. The highest BCUT2D eigenvalue weighted by molar-refractivity contribution is 6.00. The van der Waals surface area contributed by atoms with Crippen molar-refractivity contribution in [2.75, 3.05) is 29.6 Å². The van der Waals surface area contributed by atoms with E-state index in [0.717, 1.165) is 54.4 Å². The van der Waals surface area contributed by atoms with Crippen molar-refractivity contribution >= 4 is 23.5 Å². The standard InChI is InChI=1S/C33H36N6O6/c1-2-43-32-38(19-20-44-33(42)45-24-9-4-3-5-10-24)28-14-8-13-27(31(40)41)29(28)39(32)21-22-15-17-23(18-16-22)25-11-6-7-12-26(25)30-34-36-37-35-30/h6-8,11-18,24,32H,2-5,9-10,19-21H2,1H3,(H,40,41)(H,34,35,36,37). The summed E-state index contributed by atoms with van der Waals surface area (Å²) in [5.41, 5.74) is 5.18. The Kier molecular flexibility index (Phi) is 9.20. The molecule has 1 aromatic heterocycles. The molecule has 12 heteroatoms. The molecule has 0 saturated heterocycles. The second-order valence-electron chi connectivity index (χ2n) is 11.0. The van der Waals surface area contributed by atoms with E-state index >= 15 is 0 Å². The summed E-state index contributed by atoms with van der Waals surface area (Å²) in [6.07, 6.45) is 3.61. The summed E-state index contributed by atoms with van der Waals surface area (Å²) in [4.78, 5) is 28.7. The molecule has 0 radical (unpaired) electrons. The molecule has 2 N–H and O–H groups in total. The summed E-state index contributed by atoms with van der Waals surface area (Å²) in [6.45, 7) is 3.03. The number of tetrazole rings is 1. The zero-order chi connectivity index (χ0) is 31.2. The number of nitrogens with one attached hydrogen (secondary N) is 1. The fraction of sp³-hybridized carbons (Fsp3) is 0.364. The van der Waals surface area contributed by atoms with Gasteiger partial charge in [-0.15, -0.1) is 10.2 Å². The number of aromatic carboxylic acids is 1. The molecule has 0 amide bonds. The lowest BCUT2D eigenvalue weighted by Gasteiger charge is -2.32. The summed E-state index contributed by atoms with van der Waals surface area (Å²) in [5, 5.41) is 24.6. The molecule has 1 aliphatic carbocycles. The average Bonchev–Trinajstić information content (AvgIpc) is 3.70. The fourth-order valence-corrected chi connectivity index (χ4v) is 6.12. The van der Waals surface area contributed by atoms with Crippen molar-refractivity contribution in [3.8, 4) is 22.5 Å². The maximum atomic E-state index is 12.4. The number of fused-ring (bicyclic) bond motifs is 1. The van der Waals surface area contributed by atoms with Crippen molar-refractivity contribution in [2.45, 2.75) is 58.0 Å². The number of carbonyl (C=O) groups is 2. The van der Waals surface area contributed by atoms with Gasteiger partial charge in [0.2, 0.25) is 12.2 Å². The van der Waals surface area contributed by atoms with Crippen LogP contribution in [0.25, 0.3) is 22.5 Å². The summed E-state index contributed by atoms with van der Waals surface area (Å²) in [5.74, 6) is -0.523. The number of hydrogen-bond acceptors (Lipinski definition) is 10. The zero-order valence-corrected chi connectivity index (χ0v) is 25.1. The summed E-state index contributed by atoms with van der Waals surface area (Å²) in [6, 6.07) is 21.1. The molecule has 0 spiro atoms. The van der Waals surface area contributed by atoms with Gasteiger partial charge in [0.1, 0.15) is 12.7 Å². The number of carboxylic acids is 1. The Morgan fingerprint density at radius 2 is 1.73 bits per heavy atom. The van der Waals surface area contributed by atoms with E-state index in [2.05, 4.69) is 20.6 Å². The van der Waals surface area contributed by atoms with E-state index in [1.807, 2.05) is 71.3 Å². The molecule has 1 unspecified atom stereocenters. The number of rotatable bonds is 11. The van der Waals surface area contributed by atoms with Crippen molar-refractivity contribution in [1.82, 2.24) is 20.6 Å². The second kappa shape index (κ2) is 13.8. The molecule has 0 bridgehead atoms. The topological polar surface area (TPSA) is 143 Å². The first kappa shape index (κ1) is 30.1. The molecule has 1 saturated carbocycles. The Labute approximate surface area is 260 Å². The number of anilines is 2. The van der Waals surface area contributed by atoms with Crippen LogP contribution in [0.5, 0.6) is 0 Å². The number of carboxylic acid groups (broad SMARTS) is 1. The Morgan fingerprint density at radius 1 is 0.956 bits per heavy atom. The van der Waals surface area contributed by atoms with E-state index in [4.69, 9.17) is 14.2 Å². The second-order valence-corrected chi connectivity index (χ2v) is 11.0. The van der Waals surface area contributed by atoms with Gasteiger partial charge in [-0.2, -0.15) is 5.21 Å². The normalized spacial score (nSPS) is 16.4. The van der Waals surface area contributed by atoms with Gasteiger partial charge in [-0.1, -0.05) is 61.0 Å². The Bertz CT molecular complexity index is 1610. The number of aromatic amines is 1. The third-order valence-corrected chi connectivity index (χ3v) is 8.19. The van der Waals surface area contributed by atoms with E-state index in [1.54, 1.807) is 12.1 Å². The van der Waals surface area contributed by atoms with Crippen molar-refractivity contribution in [2.24, 2.45) is 0 Å². The molecule has 3 aromatic carbocycles.